The van der Waals surface area contributed by atoms with E-state index in [2.05, 4.69) is 10.1 Å². The number of sulfonamides is 1. The van der Waals surface area contributed by atoms with Crippen molar-refractivity contribution in [1.82, 2.24) is 9.62 Å². The van der Waals surface area contributed by atoms with Crippen LogP contribution in [0, 0.1) is 5.92 Å². The molecule has 2 saturated heterocycles. The van der Waals surface area contributed by atoms with Crippen LogP contribution in [0.15, 0.2) is 16.3 Å². The van der Waals surface area contributed by atoms with Crippen LogP contribution in [0.3, 0.4) is 0 Å². The first-order chi connectivity index (χ1) is 10.0. The number of ether oxygens (including phenoxy) is 1. The highest BCUT2D eigenvalue weighted by molar-refractivity contribution is 7.89. The molecule has 3 heterocycles. The average molecular weight is 330 g/mol. The Morgan fingerprint density at radius 3 is 3.00 bits per heavy atom. The molecule has 6 nitrogen and oxygen atoms in total. The molecule has 1 N–H and O–H groups in total. The summed E-state index contributed by atoms with van der Waals surface area (Å²) < 4.78 is 31.7. The SMILES string of the molecule is COC(=O)c1sccc1S(=O)(=O)N1C[C@@H]2CCCN[C@@H]2C1. The van der Waals surface area contributed by atoms with Gasteiger partial charge in [0.05, 0.1) is 7.11 Å². The Kier molecular flexibility index (Phi) is 4.04. The van der Waals surface area contributed by atoms with Crippen molar-refractivity contribution >= 4 is 27.3 Å². The van der Waals surface area contributed by atoms with Crippen molar-refractivity contribution < 1.29 is 17.9 Å². The molecule has 1 aromatic heterocycles. The maximum atomic E-state index is 12.8. The molecule has 0 unspecified atom stereocenters. The van der Waals surface area contributed by atoms with Gasteiger partial charge in [-0.2, -0.15) is 4.31 Å². The Morgan fingerprint density at radius 1 is 1.48 bits per heavy atom. The summed E-state index contributed by atoms with van der Waals surface area (Å²) in [6, 6.07) is 1.72. The second-order valence-corrected chi connectivity index (χ2v) is 8.21. The number of methoxy groups -OCH3 is 1. The molecule has 116 valence electrons. The van der Waals surface area contributed by atoms with Crippen LogP contribution >= 0.6 is 11.3 Å². The topological polar surface area (TPSA) is 75.7 Å². The number of nitrogens with one attached hydrogen (secondary N) is 1. The van der Waals surface area contributed by atoms with Crippen LogP contribution in [0.2, 0.25) is 0 Å². The molecular weight excluding hydrogens is 312 g/mol. The molecule has 2 atom stereocenters. The van der Waals surface area contributed by atoms with E-state index < -0.39 is 16.0 Å². The lowest BCUT2D eigenvalue weighted by molar-refractivity contribution is 0.0602. The first-order valence-electron chi connectivity index (χ1n) is 6.93. The van der Waals surface area contributed by atoms with E-state index in [1.807, 2.05) is 0 Å². The Morgan fingerprint density at radius 2 is 2.29 bits per heavy atom. The predicted octanol–water partition coefficient (Wildman–Crippen LogP) is 0.907. The van der Waals surface area contributed by atoms with Crippen molar-refractivity contribution in [1.29, 1.82) is 0 Å². The fourth-order valence-corrected chi connectivity index (χ4v) is 5.92. The zero-order valence-corrected chi connectivity index (χ0v) is 13.4. The maximum absolute atomic E-state index is 12.8. The summed E-state index contributed by atoms with van der Waals surface area (Å²) in [5.41, 5.74) is 0. The first-order valence-corrected chi connectivity index (χ1v) is 9.25. The van der Waals surface area contributed by atoms with E-state index in [1.165, 1.54) is 17.5 Å². The van der Waals surface area contributed by atoms with Crippen LogP contribution < -0.4 is 5.32 Å². The molecule has 21 heavy (non-hydrogen) atoms. The van der Waals surface area contributed by atoms with E-state index in [0.717, 1.165) is 30.7 Å². The Balaban J connectivity index is 1.88. The zero-order chi connectivity index (χ0) is 15.0. The van der Waals surface area contributed by atoms with Crippen molar-refractivity contribution in [3.8, 4) is 0 Å². The van der Waals surface area contributed by atoms with Gasteiger partial charge in [0.1, 0.15) is 9.77 Å². The largest absolute Gasteiger partial charge is 0.465 e. The number of rotatable bonds is 3. The van der Waals surface area contributed by atoms with Gasteiger partial charge in [-0.05, 0) is 36.8 Å². The van der Waals surface area contributed by atoms with Gasteiger partial charge < -0.3 is 10.1 Å². The van der Waals surface area contributed by atoms with Crippen molar-refractivity contribution in [2.24, 2.45) is 5.92 Å². The monoisotopic (exact) mass is 330 g/mol. The van der Waals surface area contributed by atoms with Crippen LogP contribution in [0.1, 0.15) is 22.5 Å². The van der Waals surface area contributed by atoms with E-state index in [-0.39, 0.29) is 15.8 Å². The molecule has 0 spiro atoms. The number of thiophene rings is 1. The van der Waals surface area contributed by atoms with Crippen LogP contribution in [0.4, 0.5) is 0 Å². The van der Waals surface area contributed by atoms with Gasteiger partial charge in [0.25, 0.3) is 0 Å². The Hall–Kier alpha value is -0.960. The molecule has 0 saturated carbocycles. The van der Waals surface area contributed by atoms with Gasteiger partial charge in [0.15, 0.2) is 0 Å². The summed E-state index contributed by atoms with van der Waals surface area (Å²) >= 11 is 1.10. The van der Waals surface area contributed by atoms with Gasteiger partial charge >= 0.3 is 5.97 Å². The van der Waals surface area contributed by atoms with Crippen molar-refractivity contribution in [3.63, 3.8) is 0 Å². The third-order valence-corrected chi connectivity index (χ3v) is 7.08. The van der Waals surface area contributed by atoms with Gasteiger partial charge in [0, 0.05) is 19.1 Å². The molecule has 2 fully saturated rings. The minimum absolute atomic E-state index is 0.0676. The third kappa shape index (κ3) is 2.61. The lowest BCUT2D eigenvalue weighted by Gasteiger charge is -2.24. The lowest BCUT2D eigenvalue weighted by Crippen LogP contribution is -2.41. The van der Waals surface area contributed by atoms with Gasteiger partial charge in [-0.15, -0.1) is 11.3 Å². The summed E-state index contributed by atoms with van der Waals surface area (Å²) in [6.45, 7) is 1.95. The molecular formula is C13H18N2O4S2. The molecule has 1 aromatic rings. The van der Waals surface area contributed by atoms with Crippen LogP contribution in [-0.2, 0) is 14.8 Å². The molecule has 2 aliphatic rings. The normalized spacial score (nSPS) is 26.5. The van der Waals surface area contributed by atoms with Crippen molar-refractivity contribution in [2.45, 2.75) is 23.8 Å². The number of carbonyl (C=O) groups is 1. The van der Waals surface area contributed by atoms with E-state index in [9.17, 15) is 13.2 Å². The second kappa shape index (κ2) is 5.68. The number of nitrogens with zero attached hydrogens (tertiary/aromatic N) is 1. The van der Waals surface area contributed by atoms with Gasteiger partial charge in [-0.3, -0.25) is 0 Å². The van der Waals surface area contributed by atoms with Gasteiger partial charge in [-0.1, -0.05) is 0 Å². The molecule has 0 bridgehead atoms. The van der Waals surface area contributed by atoms with Crippen LogP contribution in [0.5, 0.6) is 0 Å². The highest BCUT2D eigenvalue weighted by Crippen LogP contribution is 2.32. The first kappa shape index (κ1) is 15.0. The zero-order valence-electron chi connectivity index (χ0n) is 11.7. The Labute approximate surface area is 128 Å². The number of piperidine rings is 1. The molecule has 0 aliphatic carbocycles. The molecule has 0 radical (unpaired) electrons. The van der Waals surface area contributed by atoms with Crippen molar-refractivity contribution in [2.75, 3.05) is 26.7 Å². The lowest BCUT2D eigenvalue weighted by atomic mass is 9.94. The summed E-state index contributed by atoms with van der Waals surface area (Å²) in [4.78, 5) is 11.9. The van der Waals surface area contributed by atoms with Crippen LogP contribution in [-0.4, -0.2) is 51.5 Å². The van der Waals surface area contributed by atoms with E-state index in [1.54, 1.807) is 5.38 Å². The number of hydrogen-bond acceptors (Lipinski definition) is 6. The molecule has 0 amide bonds. The Bertz CT molecular complexity index is 626. The fraction of sp³-hybridized carbons (Fsp3) is 0.615. The number of carbonyl (C=O) groups excluding carboxylic acids is 1. The summed E-state index contributed by atoms with van der Waals surface area (Å²) in [7, 11) is -2.38. The molecule has 3 rings (SSSR count). The smallest absolute Gasteiger partial charge is 0.349 e. The third-order valence-electron chi connectivity index (χ3n) is 4.18. The van der Waals surface area contributed by atoms with E-state index in [0.29, 0.717) is 19.0 Å². The van der Waals surface area contributed by atoms with Crippen molar-refractivity contribution in [3.05, 3.63) is 16.3 Å². The number of esters is 1. The highest BCUT2D eigenvalue weighted by atomic mass is 32.2. The maximum Gasteiger partial charge on any atom is 0.349 e. The molecule has 2 aliphatic heterocycles. The summed E-state index contributed by atoms with van der Waals surface area (Å²) in [6.07, 6.45) is 2.14. The quantitative estimate of drug-likeness (QED) is 0.834. The van der Waals surface area contributed by atoms with Gasteiger partial charge in [-0.25, -0.2) is 13.2 Å². The van der Waals surface area contributed by atoms with Crippen LogP contribution in [0.25, 0.3) is 0 Å². The highest BCUT2D eigenvalue weighted by Gasteiger charge is 2.41. The summed E-state index contributed by atoms with van der Waals surface area (Å²) in [5.74, 6) is -0.230. The van der Waals surface area contributed by atoms with Gasteiger partial charge in [0.2, 0.25) is 10.0 Å². The van der Waals surface area contributed by atoms with E-state index >= 15 is 0 Å². The summed E-state index contributed by atoms with van der Waals surface area (Å²) in [5, 5.41) is 4.99. The minimum Gasteiger partial charge on any atom is -0.465 e. The number of fused-ring (bicyclic) bond motifs is 1. The molecule has 8 heteroatoms. The standard InChI is InChI=1S/C13H18N2O4S2/c1-19-13(16)12-11(4-6-20-12)21(17,18)15-7-9-3-2-5-14-10(9)8-15/h4,6,9-10,14H,2-3,5,7-8H2,1H3/t9-,10+/m0/s1. The average Bonchev–Trinajstić information content (AvgIpc) is 3.13. The van der Waals surface area contributed by atoms with E-state index in [4.69, 9.17) is 0 Å². The number of hydrogen-bond donors (Lipinski definition) is 1. The minimum atomic E-state index is -3.64. The predicted molar refractivity (Wildman–Crippen MR) is 78.9 cm³/mol. The molecule has 0 aromatic carbocycles. The second-order valence-electron chi connectivity index (χ2n) is 5.39. The fourth-order valence-electron chi connectivity index (χ4n) is 3.08.